The van der Waals surface area contributed by atoms with E-state index in [1.54, 1.807) is 11.8 Å². The van der Waals surface area contributed by atoms with Crippen LogP contribution in [0, 0.1) is 0 Å². The van der Waals surface area contributed by atoms with Gasteiger partial charge in [-0.15, -0.1) is 11.3 Å². The second-order valence-electron chi connectivity index (χ2n) is 9.20. The van der Waals surface area contributed by atoms with Crippen LogP contribution in [0.5, 0.6) is 0 Å². The first-order chi connectivity index (χ1) is 17.6. The van der Waals surface area contributed by atoms with Crippen LogP contribution in [0.15, 0.2) is 29.2 Å². The van der Waals surface area contributed by atoms with Crippen molar-refractivity contribution in [3.05, 3.63) is 45.8 Å². The maximum Gasteiger partial charge on any atom is 0.410 e. The fourth-order valence-electron chi connectivity index (χ4n) is 4.51. The number of fused-ring (bicyclic) bond motifs is 1. The summed E-state index contributed by atoms with van der Waals surface area (Å²) in [7, 11) is -0.730. The lowest BCUT2D eigenvalue weighted by Gasteiger charge is -2.29. The number of sulfonamides is 1. The number of carbonyl (C=O) groups is 3. The molecule has 0 bridgehead atoms. The zero-order valence-electron chi connectivity index (χ0n) is 21.3. The van der Waals surface area contributed by atoms with Crippen LogP contribution in [-0.2, 0) is 27.7 Å². The highest BCUT2D eigenvalue weighted by Crippen LogP contribution is 2.38. The number of rotatable bonds is 6. The lowest BCUT2D eigenvalue weighted by atomic mass is 10.0. The molecule has 1 N–H and O–H groups in total. The van der Waals surface area contributed by atoms with Gasteiger partial charge in [-0.05, 0) is 62.4 Å². The number of benzene rings is 1. The highest BCUT2D eigenvalue weighted by molar-refractivity contribution is 7.89. The molecule has 1 saturated heterocycles. The number of nitrogens with zero attached hydrogens (tertiary/aromatic N) is 3. The molecule has 37 heavy (non-hydrogen) atoms. The first-order valence-corrected chi connectivity index (χ1v) is 14.6. The number of amides is 3. The van der Waals surface area contributed by atoms with Gasteiger partial charge < -0.3 is 19.9 Å². The average Bonchev–Trinajstić information content (AvgIpc) is 3.25. The molecule has 1 aromatic carbocycles. The lowest BCUT2D eigenvalue weighted by Crippen LogP contribution is -2.38. The molecule has 200 valence electrons. The molecule has 2 aliphatic heterocycles. The molecule has 2 aromatic rings. The molecule has 3 heterocycles. The second-order valence-corrected chi connectivity index (χ2v) is 12.5. The van der Waals surface area contributed by atoms with Crippen LogP contribution >= 0.6 is 11.3 Å². The molecular formula is C25H32N4O6S2. The first-order valence-electron chi connectivity index (χ1n) is 12.3. The zero-order chi connectivity index (χ0) is 26.7. The van der Waals surface area contributed by atoms with E-state index in [0.717, 1.165) is 34.0 Å². The van der Waals surface area contributed by atoms with Gasteiger partial charge in [-0.2, -0.15) is 0 Å². The summed E-state index contributed by atoms with van der Waals surface area (Å²) >= 11 is 1.30. The summed E-state index contributed by atoms with van der Waals surface area (Å²) in [5, 5.41) is 3.34. The minimum Gasteiger partial charge on any atom is -0.450 e. The van der Waals surface area contributed by atoms with E-state index in [-0.39, 0.29) is 23.0 Å². The molecule has 4 rings (SSSR count). The maximum absolute atomic E-state index is 13.6. The Morgan fingerprint density at radius 1 is 1.03 bits per heavy atom. The normalized spacial score (nSPS) is 15.9. The third-order valence-electron chi connectivity index (χ3n) is 6.56. The summed E-state index contributed by atoms with van der Waals surface area (Å²) in [6.45, 7) is 4.12. The van der Waals surface area contributed by atoms with E-state index in [2.05, 4.69) is 5.32 Å². The molecule has 10 nitrogen and oxygen atoms in total. The van der Waals surface area contributed by atoms with Crippen LogP contribution in [0.3, 0.4) is 0 Å². The van der Waals surface area contributed by atoms with Crippen molar-refractivity contribution in [2.75, 3.05) is 45.7 Å². The van der Waals surface area contributed by atoms with Crippen LogP contribution in [0.4, 0.5) is 9.80 Å². The molecule has 0 atom stereocenters. The molecule has 0 aliphatic carbocycles. The van der Waals surface area contributed by atoms with Gasteiger partial charge in [0.2, 0.25) is 10.0 Å². The summed E-state index contributed by atoms with van der Waals surface area (Å²) in [6, 6.07) is 5.68. The molecule has 0 radical (unpaired) electrons. The average molecular weight is 549 g/mol. The number of thiophene rings is 1. The van der Waals surface area contributed by atoms with Gasteiger partial charge in [0.15, 0.2) is 0 Å². The molecular weight excluding hydrogens is 516 g/mol. The fourth-order valence-corrected chi connectivity index (χ4v) is 6.66. The number of nitrogens with one attached hydrogen (secondary N) is 1. The van der Waals surface area contributed by atoms with Crippen molar-refractivity contribution in [3.63, 3.8) is 0 Å². The van der Waals surface area contributed by atoms with Gasteiger partial charge in [0.05, 0.1) is 23.6 Å². The van der Waals surface area contributed by atoms with E-state index in [1.807, 2.05) is 4.90 Å². The summed E-state index contributed by atoms with van der Waals surface area (Å²) < 4.78 is 31.0. The van der Waals surface area contributed by atoms with Crippen molar-refractivity contribution < 1.29 is 27.5 Å². The highest BCUT2D eigenvalue weighted by atomic mass is 32.2. The maximum atomic E-state index is 13.6. The van der Waals surface area contributed by atoms with Crippen molar-refractivity contribution in [2.24, 2.45) is 0 Å². The summed E-state index contributed by atoms with van der Waals surface area (Å²) in [5.41, 5.74) is 1.63. The number of piperidine rings is 1. The third kappa shape index (κ3) is 5.65. The standard InChI is InChI=1S/C25H32N4O6S2/c1-4-35-25(32)29-15-12-19-20(16-29)36-23(21(19)24(31)28-13-6-5-7-14-28)26-22(30)17-8-10-18(11-9-17)37(33,34)27(2)3/h8-11H,4-7,12-16H2,1-3H3,(H,26,30). The Balaban J connectivity index is 1.63. The topological polar surface area (TPSA) is 116 Å². The number of anilines is 1. The Hall–Kier alpha value is -2.96. The SMILES string of the molecule is CCOC(=O)N1CCc2c(sc(NC(=O)c3ccc(S(=O)(=O)N(C)C)cc3)c2C(=O)N2CCCCC2)C1. The largest absolute Gasteiger partial charge is 0.450 e. The Labute approximate surface area is 221 Å². The molecule has 2 aliphatic rings. The van der Waals surface area contributed by atoms with Gasteiger partial charge in [-0.1, -0.05) is 0 Å². The second kappa shape index (κ2) is 11.2. The molecule has 1 fully saturated rings. The number of carbonyl (C=O) groups excluding carboxylic acids is 3. The predicted molar refractivity (Wildman–Crippen MR) is 140 cm³/mol. The van der Waals surface area contributed by atoms with E-state index in [4.69, 9.17) is 4.74 Å². The summed E-state index contributed by atoms with van der Waals surface area (Å²) in [4.78, 5) is 43.4. The summed E-state index contributed by atoms with van der Waals surface area (Å²) in [6.07, 6.45) is 3.07. The minimum absolute atomic E-state index is 0.0839. The van der Waals surface area contributed by atoms with Gasteiger partial charge in [0.1, 0.15) is 5.00 Å². The zero-order valence-corrected chi connectivity index (χ0v) is 22.9. The Morgan fingerprint density at radius 2 is 1.70 bits per heavy atom. The predicted octanol–water partition coefficient (Wildman–Crippen LogP) is 3.39. The van der Waals surface area contributed by atoms with Gasteiger partial charge in [0, 0.05) is 44.2 Å². The van der Waals surface area contributed by atoms with E-state index < -0.39 is 22.0 Å². The van der Waals surface area contributed by atoms with Gasteiger partial charge in [-0.3, -0.25) is 9.59 Å². The van der Waals surface area contributed by atoms with Crippen molar-refractivity contribution >= 4 is 44.3 Å². The molecule has 3 amide bonds. The quantitative estimate of drug-likeness (QED) is 0.592. The van der Waals surface area contributed by atoms with Crippen LogP contribution < -0.4 is 5.32 Å². The summed E-state index contributed by atoms with van der Waals surface area (Å²) in [5.74, 6) is -0.549. The van der Waals surface area contributed by atoms with Gasteiger partial charge in [0.25, 0.3) is 11.8 Å². The highest BCUT2D eigenvalue weighted by Gasteiger charge is 2.33. The van der Waals surface area contributed by atoms with Crippen molar-refractivity contribution in [1.82, 2.24) is 14.1 Å². The van der Waals surface area contributed by atoms with E-state index in [1.165, 1.54) is 49.7 Å². The number of hydrogen-bond donors (Lipinski definition) is 1. The van der Waals surface area contributed by atoms with Gasteiger partial charge >= 0.3 is 6.09 Å². The molecule has 0 unspecified atom stereocenters. The number of ether oxygens (including phenoxy) is 1. The molecule has 0 spiro atoms. The fraction of sp³-hybridized carbons (Fsp3) is 0.480. The van der Waals surface area contributed by atoms with Gasteiger partial charge in [-0.25, -0.2) is 17.5 Å². The van der Waals surface area contributed by atoms with Crippen LogP contribution in [0.2, 0.25) is 0 Å². The van der Waals surface area contributed by atoms with E-state index >= 15 is 0 Å². The Morgan fingerprint density at radius 3 is 2.32 bits per heavy atom. The van der Waals surface area contributed by atoms with Crippen LogP contribution in [0.25, 0.3) is 0 Å². The van der Waals surface area contributed by atoms with Crippen molar-refractivity contribution in [2.45, 2.75) is 44.0 Å². The van der Waals surface area contributed by atoms with Crippen LogP contribution in [0.1, 0.15) is 57.3 Å². The smallest absolute Gasteiger partial charge is 0.410 e. The lowest BCUT2D eigenvalue weighted by molar-refractivity contribution is 0.0724. The molecule has 0 saturated carbocycles. The first kappa shape index (κ1) is 27.1. The Bertz CT molecular complexity index is 1280. The minimum atomic E-state index is -3.62. The monoisotopic (exact) mass is 548 g/mol. The van der Waals surface area contributed by atoms with Crippen molar-refractivity contribution in [1.29, 1.82) is 0 Å². The Kier molecular flexibility index (Phi) is 8.20. The number of hydrogen-bond acceptors (Lipinski definition) is 7. The number of likely N-dealkylation sites (tertiary alicyclic amines) is 1. The van der Waals surface area contributed by atoms with Crippen molar-refractivity contribution in [3.8, 4) is 0 Å². The third-order valence-corrected chi connectivity index (χ3v) is 9.52. The van der Waals surface area contributed by atoms with Crippen LogP contribution in [-0.4, -0.2) is 80.8 Å². The molecule has 12 heteroatoms. The van der Waals surface area contributed by atoms with E-state index in [0.29, 0.717) is 43.2 Å². The van der Waals surface area contributed by atoms with E-state index in [9.17, 15) is 22.8 Å². The molecule has 1 aromatic heterocycles.